The van der Waals surface area contributed by atoms with E-state index in [0.717, 1.165) is 6.26 Å². The predicted molar refractivity (Wildman–Crippen MR) is 77.5 cm³/mol. The molecule has 7 heteroatoms. The van der Waals surface area contributed by atoms with Gasteiger partial charge in [0.25, 0.3) is 0 Å². The summed E-state index contributed by atoms with van der Waals surface area (Å²) in [7, 11) is -1.63. The Morgan fingerprint density at radius 1 is 1.30 bits per heavy atom. The van der Waals surface area contributed by atoms with Crippen molar-refractivity contribution in [2.45, 2.75) is 17.9 Å². The van der Waals surface area contributed by atoms with Crippen LogP contribution in [0.1, 0.15) is 6.92 Å². The number of benzene rings is 1. The number of hydrogen-bond acceptors (Lipinski definition) is 5. The lowest BCUT2D eigenvalue weighted by Gasteiger charge is -2.15. The summed E-state index contributed by atoms with van der Waals surface area (Å²) >= 11 is 0. The Balaban J connectivity index is 2.58. The Morgan fingerprint density at radius 3 is 2.40 bits per heavy atom. The highest BCUT2D eigenvalue weighted by Gasteiger charge is 2.12. The van der Waals surface area contributed by atoms with Crippen LogP contribution in [0.3, 0.4) is 0 Å². The Bertz CT molecular complexity index is 540. The zero-order valence-electron chi connectivity index (χ0n) is 11.8. The third kappa shape index (κ3) is 5.18. The lowest BCUT2D eigenvalue weighted by atomic mass is 10.2. The lowest BCUT2D eigenvalue weighted by molar-refractivity contribution is -0.121. The molecule has 20 heavy (non-hydrogen) atoms. The van der Waals surface area contributed by atoms with Crippen LogP contribution in [0.5, 0.6) is 0 Å². The van der Waals surface area contributed by atoms with E-state index in [9.17, 15) is 13.2 Å². The topological polar surface area (TPSA) is 84.5 Å². The smallest absolute Gasteiger partial charge is 0.242 e. The highest BCUT2D eigenvalue weighted by Crippen LogP contribution is 2.14. The van der Waals surface area contributed by atoms with Gasteiger partial charge in [0.15, 0.2) is 9.84 Å². The third-order valence-corrected chi connectivity index (χ3v) is 3.79. The van der Waals surface area contributed by atoms with Crippen LogP contribution in [0.15, 0.2) is 29.2 Å². The summed E-state index contributed by atoms with van der Waals surface area (Å²) in [6.45, 7) is 2.64. The molecule has 0 radical (unpaired) electrons. The molecule has 0 aliphatic rings. The van der Waals surface area contributed by atoms with Crippen molar-refractivity contribution in [3.8, 4) is 0 Å². The summed E-state index contributed by atoms with van der Waals surface area (Å²) in [5, 5.41) is 5.72. The van der Waals surface area contributed by atoms with Crippen LogP contribution in [0.25, 0.3) is 0 Å². The first-order chi connectivity index (χ1) is 9.34. The molecule has 1 atom stereocenters. The van der Waals surface area contributed by atoms with Gasteiger partial charge in [0.05, 0.1) is 11.5 Å². The standard InChI is InChI=1S/C13H20N2O4S/c1-10(13(16)14-8-9-19-2)15-11-4-6-12(7-5-11)20(3,17)18/h4-7,10,15H,8-9H2,1-3H3,(H,14,16). The summed E-state index contributed by atoms with van der Waals surface area (Å²) in [4.78, 5) is 12.0. The van der Waals surface area contributed by atoms with E-state index in [0.29, 0.717) is 18.8 Å². The minimum Gasteiger partial charge on any atom is -0.383 e. The van der Waals surface area contributed by atoms with Crippen LogP contribution >= 0.6 is 0 Å². The fourth-order valence-electron chi connectivity index (χ4n) is 1.54. The molecule has 1 unspecified atom stereocenters. The molecule has 1 rings (SSSR count). The normalized spacial score (nSPS) is 12.8. The number of anilines is 1. The van der Waals surface area contributed by atoms with Crippen molar-refractivity contribution in [2.24, 2.45) is 0 Å². The van der Waals surface area contributed by atoms with E-state index in [2.05, 4.69) is 10.6 Å². The zero-order chi connectivity index (χ0) is 15.2. The van der Waals surface area contributed by atoms with Gasteiger partial charge in [-0.1, -0.05) is 0 Å². The summed E-state index contributed by atoms with van der Waals surface area (Å²) in [5.74, 6) is -0.144. The molecule has 2 N–H and O–H groups in total. The number of ether oxygens (including phenoxy) is 1. The van der Waals surface area contributed by atoms with E-state index in [1.165, 1.54) is 12.1 Å². The minimum absolute atomic E-state index is 0.144. The first-order valence-electron chi connectivity index (χ1n) is 6.18. The van der Waals surface area contributed by atoms with Crippen molar-refractivity contribution in [1.29, 1.82) is 0 Å². The van der Waals surface area contributed by atoms with Gasteiger partial charge < -0.3 is 15.4 Å². The van der Waals surface area contributed by atoms with Crippen LogP contribution < -0.4 is 10.6 Å². The monoisotopic (exact) mass is 300 g/mol. The molecule has 1 aromatic rings. The van der Waals surface area contributed by atoms with Gasteiger partial charge in [0.1, 0.15) is 6.04 Å². The van der Waals surface area contributed by atoms with E-state index in [4.69, 9.17) is 4.74 Å². The average molecular weight is 300 g/mol. The molecule has 1 aromatic carbocycles. The van der Waals surface area contributed by atoms with E-state index in [-0.39, 0.29) is 10.8 Å². The number of rotatable bonds is 7. The lowest BCUT2D eigenvalue weighted by Crippen LogP contribution is -2.39. The maximum Gasteiger partial charge on any atom is 0.242 e. The van der Waals surface area contributed by atoms with Gasteiger partial charge in [-0.2, -0.15) is 0 Å². The van der Waals surface area contributed by atoms with Crippen LogP contribution in [0, 0.1) is 0 Å². The molecule has 0 aliphatic carbocycles. The Morgan fingerprint density at radius 2 is 1.90 bits per heavy atom. The van der Waals surface area contributed by atoms with E-state index < -0.39 is 15.9 Å². The fraction of sp³-hybridized carbons (Fsp3) is 0.462. The molecular formula is C13H20N2O4S. The van der Waals surface area contributed by atoms with Crippen molar-refractivity contribution in [3.05, 3.63) is 24.3 Å². The number of sulfone groups is 1. The molecule has 0 aromatic heterocycles. The summed E-state index contributed by atoms with van der Waals surface area (Å²) in [6.07, 6.45) is 1.15. The minimum atomic E-state index is -3.20. The van der Waals surface area contributed by atoms with Gasteiger partial charge in [0.2, 0.25) is 5.91 Å². The number of nitrogens with one attached hydrogen (secondary N) is 2. The molecule has 1 amide bonds. The van der Waals surface area contributed by atoms with E-state index in [1.807, 2.05) is 0 Å². The largest absolute Gasteiger partial charge is 0.383 e. The van der Waals surface area contributed by atoms with Gasteiger partial charge in [-0.15, -0.1) is 0 Å². The summed E-state index contributed by atoms with van der Waals surface area (Å²) in [6, 6.07) is 5.86. The van der Waals surface area contributed by atoms with Crippen molar-refractivity contribution in [3.63, 3.8) is 0 Å². The average Bonchev–Trinajstić information content (AvgIpc) is 2.38. The maximum absolute atomic E-state index is 11.7. The number of hydrogen-bond donors (Lipinski definition) is 2. The number of carbonyl (C=O) groups is 1. The second kappa shape index (κ2) is 7.25. The molecule has 0 aliphatic heterocycles. The molecule has 112 valence electrons. The highest BCUT2D eigenvalue weighted by molar-refractivity contribution is 7.90. The zero-order valence-corrected chi connectivity index (χ0v) is 12.7. The van der Waals surface area contributed by atoms with Crippen LogP contribution in [0.4, 0.5) is 5.69 Å². The highest BCUT2D eigenvalue weighted by atomic mass is 32.2. The summed E-state index contributed by atoms with van der Waals surface area (Å²) in [5.41, 5.74) is 0.687. The number of methoxy groups -OCH3 is 1. The fourth-order valence-corrected chi connectivity index (χ4v) is 2.17. The Labute approximate surface area is 119 Å². The van der Waals surface area contributed by atoms with Crippen molar-refractivity contribution in [2.75, 3.05) is 31.8 Å². The number of amides is 1. The quantitative estimate of drug-likeness (QED) is 0.722. The van der Waals surface area contributed by atoms with E-state index in [1.54, 1.807) is 26.2 Å². The van der Waals surface area contributed by atoms with Crippen LogP contribution in [-0.4, -0.2) is 46.9 Å². The Hall–Kier alpha value is -1.60. The molecular weight excluding hydrogens is 280 g/mol. The number of carbonyl (C=O) groups excluding carboxylic acids is 1. The van der Waals surface area contributed by atoms with Gasteiger partial charge in [-0.25, -0.2) is 8.42 Å². The second-order valence-corrected chi connectivity index (χ2v) is 6.46. The predicted octanol–water partition coefficient (Wildman–Crippen LogP) is 0.653. The van der Waals surface area contributed by atoms with E-state index >= 15 is 0 Å². The van der Waals surface area contributed by atoms with Crippen LogP contribution in [-0.2, 0) is 19.4 Å². The maximum atomic E-state index is 11.7. The first kappa shape index (κ1) is 16.5. The van der Waals surface area contributed by atoms with Gasteiger partial charge in [-0.05, 0) is 31.2 Å². The molecule has 0 bridgehead atoms. The molecule has 0 spiro atoms. The second-order valence-electron chi connectivity index (χ2n) is 4.45. The molecule has 0 fully saturated rings. The van der Waals surface area contributed by atoms with Gasteiger partial charge in [0, 0.05) is 25.6 Å². The first-order valence-corrected chi connectivity index (χ1v) is 8.07. The molecule has 6 nitrogen and oxygen atoms in total. The molecule has 0 saturated heterocycles. The third-order valence-electron chi connectivity index (χ3n) is 2.66. The Kier molecular flexibility index (Phi) is 5.97. The van der Waals surface area contributed by atoms with Crippen molar-refractivity contribution >= 4 is 21.4 Å². The molecule has 0 heterocycles. The summed E-state index contributed by atoms with van der Waals surface area (Å²) < 4.78 is 27.5. The van der Waals surface area contributed by atoms with Crippen molar-refractivity contribution in [1.82, 2.24) is 5.32 Å². The van der Waals surface area contributed by atoms with Crippen molar-refractivity contribution < 1.29 is 17.9 Å². The molecule has 0 saturated carbocycles. The SMILES string of the molecule is COCCNC(=O)C(C)Nc1ccc(S(C)(=O)=O)cc1. The van der Waals surface area contributed by atoms with Gasteiger partial charge in [-0.3, -0.25) is 4.79 Å². The van der Waals surface area contributed by atoms with Crippen LogP contribution in [0.2, 0.25) is 0 Å². The van der Waals surface area contributed by atoms with Gasteiger partial charge >= 0.3 is 0 Å².